The topological polar surface area (TPSA) is 103 Å². The van der Waals surface area contributed by atoms with E-state index >= 15 is 0 Å². The monoisotopic (exact) mass is 559 g/mol. The third-order valence-corrected chi connectivity index (χ3v) is 7.42. The molecular weight excluding hydrogens is 522 g/mol. The molecule has 9 nitrogen and oxygen atoms in total. The number of aliphatic hydroxyl groups excluding tert-OH is 1. The van der Waals surface area contributed by atoms with Gasteiger partial charge in [0, 0.05) is 37.5 Å². The van der Waals surface area contributed by atoms with Crippen LogP contribution < -0.4 is 14.2 Å². The standard InChI is InChI=1S/C32H37N3O6/c1-4-6-16-40-26-11-8-22(19-27(26)39-5-2)29-28(30(36)23-9-10-25-24(18-23)17-21(3)41-25)31(37)32(38)35(29)14-7-13-34-15-12-33-20-34/h8-12,15,18-21,29,36H,4-7,13-14,16-17H2,1-3H3/b30-28+/t21-,29+/m0/s1. The number of aryl methyl sites for hydroxylation is 1. The molecule has 3 aromatic rings. The molecule has 9 heteroatoms. The number of imidazole rings is 1. The second kappa shape index (κ2) is 12.5. The number of ether oxygens (including phenoxy) is 3. The van der Waals surface area contributed by atoms with Gasteiger partial charge in [-0.25, -0.2) is 4.98 Å². The number of aliphatic hydroxyl groups is 1. The summed E-state index contributed by atoms with van der Waals surface area (Å²) in [5.74, 6) is 0.366. The Hall–Kier alpha value is -4.27. The average molecular weight is 560 g/mol. The highest BCUT2D eigenvalue weighted by molar-refractivity contribution is 6.46. The number of carbonyl (C=O) groups excluding carboxylic acids is 2. The highest BCUT2D eigenvalue weighted by Gasteiger charge is 2.46. The summed E-state index contributed by atoms with van der Waals surface area (Å²) >= 11 is 0. The van der Waals surface area contributed by atoms with Crippen LogP contribution >= 0.6 is 0 Å². The Morgan fingerprint density at radius 1 is 1.07 bits per heavy atom. The van der Waals surface area contributed by atoms with E-state index in [9.17, 15) is 14.7 Å². The van der Waals surface area contributed by atoms with Gasteiger partial charge in [-0.2, -0.15) is 0 Å². The molecule has 0 radical (unpaired) electrons. The van der Waals surface area contributed by atoms with Crippen molar-refractivity contribution >= 4 is 17.4 Å². The molecule has 0 bridgehead atoms. The lowest BCUT2D eigenvalue weighted by Gasteiger charge is -2.26. The lowest BCUT2D eigenvalue weighted by molar-refractivity contribution is -0.139. The summed E-state index contributed by atoms with van der Waals surface area (Å²) in [7, 11) is 0. The Labute approximate surface area is 240 Å². The number of nitrogens with zero attached hydrogens (tertiary/aromatic N) is 3. The van der Waals surface area contributed by atoms with E-state index < -0.39 is 17.7 Å². The van der Waals surface area contributed by atoms with Crippen molar-refractivity contribution in [1.82, 2.24) is 14.5 Å². The molecule has 1 aromatic heterocycles. The van der Waals surface area contributed by atoms with Crippen LogP contribution in [0.15, 0.2) is 60.7 Å². The fourth-order valence-corrected chi connectivity index (χ4v) is 5.43. The van der Waals surface area contributed by atoms with Crippen LogP contribution in [0.25, 0.3) is 5.76 Å². The molecule has 0 spiro atoms. The predicted octanol–water partition coefficient (Wildman–Crippen LogP) is 5.30. The van der Waals surface area contributed by atoms with Crippen LogP contribution in [-0.4, -0.2) is 57.1 Å². The second-order valence-electron chi connectivity index (χ2n) is 10.4. The van der Waals surface area contributed by atoms with Crippen LogP contribution in [0.2, 0.25) is 0 Å². The van der Waals surface area contributed by atoms with Crippen molar-refractivity contribution in [3.8, 4) is 17.2 Å². The van der Waals surface area contributed by atoms with Gasteiger partial charge in [-0.05, 0) is 68.1 Å². The third kappa shape index (κ3) is 5.94. The first-order chi connectivity index (χ1) is 19.9. The maximum absolute atomic E-state index is 13.5. The molecule has 0 aliphatic carbocycles. The smallest absolute Gasteiger partial charge is 0.295 e. The Morgan fingerprint density at radius 3 is 2.68 bits per heavy atom. The summed E-state index contributed by atoms with van der Waals surface area (Å²) in [5, 5.41) is 11.6. The number of aromatic nitrogens is 2. The van der Waals surface area contributed by atoms with Crippen molar-refractivity contribution in [3.05, 3.63) is 77.4 Å². The molecule has 1 N–H and O–H groups in total. The Bertz CT molecular complexity index is 1430. The minimum absolute atomic E-state index is 0.0403. The molecule has 5 rings (SSSR count). The average Bonchev–Trinajstić information content (AvgIpc) is 3.68. The number of likely N-dealkylation sites (tertiary alicyclic amines) is 1. The van der Waals surface area contributed by atoms with Crippen LogP contribution in [0.1, 0.15) is 62.8 Å². The van der Waals surface area contributed by atoms with Crippen molar-refractivity contribution in [2.24, 2.45) is 0 Å². The van der Waals surface area contributed by atoms with Gasteiger partial charge in [0.25, 0.3) is 11.7 Å². The normalized spacial score (nSPS) is 19.3. The van der Waals surface area contributed by atoms with E-state index in [0.29, 0.717) is 61.8 Å². The van der Waals surface area contributed by atoms with Gasteiger partial charge in [-0.1, -0.05) is 19.4 Å². The third-order valence-electron chi connectivity index (χ3n) is 7.42. The minimum atomic E-state index is -0.787. The molecule has 2 aliphatic heterocycles. The van der Waals surface area contributed by atoms with Gasteiger partial charge in [0.1, 0.15) is 17.6 Å². The molecule has 0 saturated carbocycles. The minimum Gasteiger partial charge on any atom is -0.507 e. The molecule has 216 valence electrons. The number of unbranched alkanes of at least 4 members (excludes halogenated alkanes) is 1. The zero-order valence-electron chi connectivity index (χ0n) is 23.8. The first-order valence-electron chi connectivity index (χ1n) is 14.3. The van der Waals surface area contributed by atoms with Crippen LogP contribution in [0.4, 0.5) is 0 Å². The van der Waals surface area contributed by atoms with Crippen molar-refractivity contribution in [3.63, 3.8) is 0 Å². The molecule has 1 amide bonds. The lowest BCUT2D eigenvalue weighted by atomic mass is 9.94. The molecule has 41 heavy (non-hydrogen) atoms. The number of ketones is 1. The summed E-state index contributed by atoms with van der Waals surface area (Å²) in [6.45, 7) is 7.91. The quantitative estimate of drug-likeness (QED) is 0.139. The number of rotatable bonds is 12. The Morgan fingerprint density at radius 2 is 1.93 bits per heavy atom. The maximum atomic E-state index is 13.5. The zero-order chi connectivity index (χ0) is 28.9. The number of carbonyl (C=O) groups is 2. The van der Waals surface area contributed by atoms with Crippen LogP contribution in [-0.2, 0) is 22.6 Å². The first kappa shape index (κ1) is 28.3. The van der Waals surface area contributed by atoms with Crippen molar-refractivity contribution in [2.75, 3.05) is 19.8 Å². The van der Waals surface area contributed by atoms with Crippen LogP contribution in [0.3, 0.4) is 0 Å². The van der Waals surface area contributed by atoms with Crippen molar-refractivity contribution in [2.45, 2.75) is 65.1 Å². The van der Waals surface area contributed by atoms with Crippen molar-refractivity contribution in [1.29, 1.82) is 0 Å². The van der Waals surface area contributed by atoms with Gasteiger partial charge in [-0.3, -0.25) is 9.59 Å². The molecule has 1 fully saturated rings. The number of fused-ring (bicyclic) bond motifs is 1. The molecule has 2 aromatic carbocycles. The van der Waals surface area contributed by atoms with E-state index in [4.69, 9.17) is 14.2 Å². The molecule has 2 aliphatic rings. The second-order valence-corrected chi connectivity index (χ2v) is 10.4. The van der Waals surface area contributed by atoms with E-state index in [-0.39, 0.29) is 17.4 Å². The fraction of sp³-hybridized carbons (Fsp3) is 0.406. The highest BCUT2D eigenvalue weighted by Crippen LogP contribution is 2.43. The fourth-order valence-electron chi connectivity index (χ4n) is 5.43. The number of benzene rings is 2. The van der Waals surface area contributed by atoms with Crippen LogP contribution in [0.5, 0.6) is 17.2 Å². The highest BCUT2D eigenvalue weighted by atomic mass is 16.5. The lowest BCUT2D eigenvalue weighted by Crippen LogP contribution is -2.31. The largest absolute Gasteiger partial charge is 0.507 e. The van der Waals surface area contributed by atoms with Gasteiger partial charge in [-0.15, -0.1) is 0 Å². The summed E-state index contributed by atoms with van der Waals surface area (Å²) in [6.07, 6.45) is 8.54. The van der Waals surface area contributed by atoms with Gasteiger partial charge < -0.3 is 28.8 Å². The molecular formula is C32H37N3O6. The van der Waals surface area contributed by atoms with E-state index in [1.807, 2.05) is 48.9 Å². The predicted molar refractivity (Wildman–Crippen MR) is 154 cm³/mol. The zero-order valence-corrected chi connectivity index (χ0v) is 23.8. The summed E-state index contributed by atoms with van der Waals surface area (Å²) < 4.78 is 19.6. The van der Waals surface area contributed by atoms with E-state index in [1.165, 1.54) is 0 Å². The van der Waals surface area contributed by atoms with E-state index in [1.54, 1.807) is 29.6 Å². The van der Waals surface area contributed by atoms with Gasteiger partial charge >= 0.3 is 0 Å². The number of hydrogen-bond acceptors (Lipinski definition) is 7. The van der Waals surface area contributed by atoms with E-state index in [2.05, 4.69) is 11.9 Å². The molecule has 0 unspecified atom stereocenters. The van der Waals surface area contributed by atoms with Crippen LogP contribution in [0, 0.1) is 0 Å². The van der Waals surface area contributed by atoms with Gasteiger partial charge in [0.2, 0.25) is 0 Å². The van der Waals surface area contributed by atoms with Gasteiger partial charge in [0.05, 0.1) is 31.2 Å². The maximum Gasteiger partial charge on any atom is 0.295 e. The summed E-state index contributed by atoms with van der Waals surface area (Å²) in [6, 6.07) is 10.1. The Kier molecular flexibility index (Phi) is 8.61. The molecule has 1 saturated heterocycles. The van der Waals surface area contributed by atoms with E-state index in [0.717, 1.165) is 24.2 Å². The number of Topliss-reactive ketones (excluding diaryl/α,β-unsaturated/α-hetero) is 1. The first-order valence-corrected chi connectivity index (χ1v) is 14.3. The summed E-state index contributed by atoms with van der Waals surface area (Å²) in [5.41, 5.74) is 2.16. The van der Waals surface area contributed by atoms with Gasteiger partial charge in [0.15, 0.2) is 11.5 Å². The SMILES string of the molecule is CCCCOc1ccc([C@@H]2/C(=C(\O)c3ccc4c(c3)C[C@H](C)O4)C(=O)C(=O)N2CCCn2ccnc2)cc1OCC. The molecule has 2 atom stereocenters. The number of hydrogen-bond donors (Lipinski definition) is 1. The number of amides is 1. The van der Waals surface area contributed by atoms with Crippen molar-refractivity contribution < 1.29 is 28.9 Å². The summed E-state index contributed by atoms with van der Waals surface area (Å²) in [4.78, 5) is 32.6. The Balaban J connectivity index is 1.54. The molecule has 3 heterocycles.